The minimum Gasteiger partial charge on any atom is -0.354 e. The largest absolute Gasteiger partial charge is 0.354 e. The van der Waals surface area contributed by atoms with Gasteiger partial charge in [0, 0.05) is 12.3 Å². The highest BCUT2D eigenvalue weighted by molar-refractivity contribution is 8.01. The number of para-hydroxylation sites is 2. The molecule has 0 aliphatic carbocycles. The van der Waals surface area contributed by atoms with E-state index in [-0.39, 0.29) is 12.5 Å². The second kappa shape index (κ2) is 8.93. The van der Waals surface area contributed by atoms with Gasteiger partial charge in [-0.3, -0.25) is 9.10 Å². The summed E-state index contributed by atoms with van der Waals surface area (Å²) < 4.78 is 27.5. The number of thiazole rings is 1. The van der Waals surface area contributed by atoms with E-state index in [1.54, 1.807) is 35.2 Å². The molecule has 0 saturated carbocycles. The van der Waals surface area contributed by atoms with Crippen molar-refractivity contribution in [3.63, 3.8) is 0 Å². The van der Waals surface area contributed by atoms with Gasteiger partial charge in [0.1, 0.15) is 6.54 Å². The fraction of sp³-hybridized carbons (Fsp3) is 0.263. The SMILES string of the molecule is Cc1ccccc1N(CC(=O)NCCSc1nc2ccccc2s1)S(C)(=O)=O. The zero-order chi connectivity index (χ0) is 20.1. The highest BCUT2D eigenvalue weighted by Crippen LogP contribution is 2.28. The van der Waals surface area contributed by atoms with E-state index in [0.717, 1.165) is 30.7 Å². The molecular formula is C19H21N3O3S3. The molecule has 3 aromatic rings. The smallest absolute Gasteiger partial charge is 0.240 e. The Hall–Kier alpha value is -2.10. The van der Waals surface area contributed by atoms with E-state index < -0.39 is 10.0 Å². The monoisotopic (exact) mass is 435 g/mol. The van der Waals surface area contributed by atoms with Crippen molar-refractivity contribution in [3.05, 3.63) is 54.1 Å². The number of benzene rings is 2. The van der Waals surface area contributed by atoms with Crippen LogP contribution in [-0.2, 0) is 14.8 Å². The molecule has 0 aliphatic heterocycles. The summed E-state index contributed by atoms with van der Waals surface area (Å²) in [5.74, 6) is 0.327. The van der Waals surface area contributed by atoms with Crippen molar-refractivity contribution < 1.29 is 13.2 Å². The minimum atomic E-state index is -3.56. The number of fused-ring (bicyclic) bond motifs is 1. The van der Waals surface area contributed by atoms with Gasteiger partial charge in [-0.25, -0.2) is 13.4 Å². The van der Waals surface area contributed by atoms with E-state index in [1.807, 2.05) is 43.3 Å². The molecule has 148 valence electrons. The highest BCUT2D eigenvalue weighted by Gasteiger charge is 2.21. The summed E-state index contributed by atoms with van der Waals surface area (Å²) in [5, 5.41) is 2.79. The summed E-state index contributed by atoms with van der Waals surface area (Å²) in [5.41, 5.74) is 2.29. The molecule has 0 bridgehead atoms. The molecule has 0 aliphatic rings. The number of carbonyl (C=O) groups is 1. The molecule has 1 N–H and O–H groups in total. The van der Waals surface area contributed by atoms with E-state index >= 15 is 0 Å². The maximum Gasteiger partial charge on any atom is 0.240 e. The van der Waals surface area contributed by atoms with E-state index in [9.17, 15) is 13.2 Å². The van der Waals surface area contributed by atoms with Gasteiger partial charge in [0.15, 0.2) is 4.34 Å². The number of hydrogen-bond acceptors (Lipinski definition) is 6. The normalized spacial score (nSPS) is 11.5. The summed E-state index contributed by atoms with van der Waals surface area (Å²) in [4.78, 5) is 16.8. The second-order valence-corrected chi connectivity index (χ2v) is 10.5. The molecule has 9 heteroatoms. The van der Waals surface area contributed by atoms with Gasteiger partial charge in [0.2, 0.25) is 15.9 Å². The maximum atomic E-state index is 12.3. The number of aryl methyl sites for hydroxylation is 1. The van der Waals surface area contributed by atoms with Crippen LogP contribution < -0.4 is 9.62 Å². The topological polar surface area (TPSA) is 79.4 Å². The molecule has 28 heavy (non-hydrogen) atoms. The number of thioether (sulfide) groups is 1. The summed E-state index contributed by atoms with van der Waals surface area (Å²) in [7, 11) is -3.56. The van der Waals surface area contributed by atoms with Crippen molar-refractivity contribution in [2.75, 3.05) is 29.4 Å². The fourth-order valence-corrected chi connectivity index (χ4v) is 5.56. The van der Waals surface area contributed by atoms with Crippen LogP contribution in [-0.4, -0.2) is 44.4 Å². The third kappa shape index (κ3) is 5.24. The van der Waals surface area contributed by atoms with Crippen molar-refractivity contribution in [2.45, 2.75) is 11.3 Å². The first-order valence-corrected chi connectivity index (χ1v) is 12.3. The van der Waals surface area contributed by atoms with Crippen LogP contribution in [0.4, 0.5) is 5.69 Å². The Morgan fingerprint density at radius 1 is 1.18 bits per heavy atom. The summed E-state index contributed by atoms with van der Waals surface area (Å²) in [6, 6.07) is 15.1. The lowest BCUT2D eigenvalue weighted by Crippen LogP contribution is -2.41. The molecule has 0 saturated heterocycles. The highest BCUT2D eigenvalue weighted by atomic mass is 32.2. The van der Waals surface area contributed by atoms with Gasteiger partial charge in [0.25, 0.3) is 0 Å². The lowest BCUT2D eigenvalue weighted by molar-refractivity contribution is -0.119. The molecule has 0 atom stereocenters. The van der Waals surface area contributed by atoms with Crippen LogP contribution >= 0.6 is 23.1 Å². The summed E-state index contributed by atoms with van der Waals surface area (Å²) in [6.45, 7) is 2.01. The Morgan fingerprint density at radius 2 is 1.89 bits per heavy atom. The lowest BCUT2D eigenvalue weighted by Gasteiger charge is -2.23. The van der Waals surface area contributed by atoms with Gasteiger partial charge < -0.3 is 5.32 Å². The molecule has 0 unspecified atom stereocenters. The van der Waals surface area contributed by atoms with E-state index in [0.29, 0.717) is 18.0 Å². The molecular weight excluding hydrogens is 414 g/mol. The van der Waals surface area contributed by atoms with Crippen LogP contribution in [0.15, 0.2) is 52.9 Å². The molecule has 3 rings (SSSR count). The van der Waals surface area contributed by atoms with Crippen molar-refractivity contribution in [1.29, 1.82) is 0 Å². The van der Waals surface area contributed by atoms with Crippen molar-refractivity contribution in [2.24, 2.45) is 0 Å². The van der Waals surface area contributed by atoms with E-state index in [1.165, 1.54) is 0 Å². The van der Waals surface area contributed by atoms with Gasteiger partial charge in [-0.2, -0.15) is 0 Å². The number of anilines is 1. The average Bonchev–Trinajstić information content (AvgIpc) is 3.06. The number of aromatic nitrogens is 1. The molecule has 1 aromatic heterocycles. The first-order chi connectivity index (χ1) is 13.3. The third-order valence-corrected chi connectivity index (χ3v) is 7.30. The number of sulfonamides is 1. The van der Waals surface area contributed by atoms with Crippen LogP contribution in [0.3, 0.4) is 0 Å². The van der Waals surface area contributed by atoms with Crippen LogP contribution in [0.2, 0.25) is 0 Å². The number of nitrogens with one attached hydrogen (secondary N) is 1. The number of amides is 1. The number of carbonyl (C=O) groups excluding carboxylic acids is 1. The predicted molar refractivity (Wildman–Crippen MR) is 117 cm³/mol. The quantitative estimate of drug-likeness (QED) is 0.434. The molecule has 1 amide bonds. The zero-order valence-electron chi connectivity index (χ0n) is 15.6. The molecule has 0 fully saturated rings. The molecule has 0 spiro atoms. The average molecular weight is 436 g/mol. The van der Waals surface area contributed by atoms with Crippen LogP contribution in [0.5, 0.6) is 0 Å². The number of rotatable bonds is 8. The molecule has 2 aromatic carbocycles. The van der Waals surface area contributed by atoms with Crippen LogP contribution in [0.1, 0.15) is 5.56 Å². The Morgan fingerprint density at radius 3 is 2.61 bits per heavy atom. The second-order valence-electron chi connectivity index (χ2n) is 6.20. The van der Waals surface area contributed by atoms with Gasteiger partial charge in [-0.1, -0.05) is 42.1 Å². The lowest BCUT2D eigenvalue weighted by atomic mass is 10.2. The van der Waals surface area contributed by atoms with Crippen molar-refractivity contribution in [3.8, 4) is 0 Å². The Labute approximate surface area is 173 Å². The first-order valence-electron chi connectivity index (χ1n) is 8.63. The van der Waals surface area contributed by atoms with Gasteiger partial charge in [-0.05, 0) is 30.7 Å². The number of nitrogens with zero attached hydrogens (tertiary/aromatic N) is 2. The minimum absolute atomic E-state index is 0.241. The Balaban J connectivity index is 1.54. The summed E-state index contributed by atoms with van der Waals surface area (Å²) in [6.07, 6.45) is 1.11. The van der Waals surface area contributed by atoms with Gasteiger partial charge in [-0.15, -0.1) is 11.3 Å². The Kier molecular flexibility index (Phi) is 6.58. The fourth-order valence-electron chi connectivity index (χ4n) is 2.65. The standard InChI is InChI=1S/C19H21N3O3S3/c1-14-7-3-5-9-16(14)22(28(2,24)25)13-18(23)20-11-12-26-19-21-15-8-4-6-10-17(15)27-19/h3-10H,11-13H2,1-2H3,(H,20,23). The first kappa shape index (κ1) is 20.6. The van der Waals surface area contributed by atoms with Crippen molar-refractivity contribution in [1.82, 2.24) is 10.3 Å². The molecule has 0 radical (unpaired) electrons. The van der Waals surface area contributed by atoms with Crippen LogP contribution in [0, 0.1) is 6.92 Å². The van der Waals surface area contributed by atoms with Gasteiger partial charge in [0.05, 0.1) is 22.2 Å². The van der Waals surface area contributed by atoms with Crippen LogP contribution in [0.25, 0.3) is 10.2 Å². The van der Waals surface area contributed by atoms with E-state index in [2.05, 4.69) is 10.3 Å². The van der Waals surface area contributed by atoms with Gasteiger partial charge >= 0.3 is 0 Å². The predicted octanol–water partition coefficient (Wildman–Crippen LogP) is 3.28. The maximum absolute atomic E-state index is 12.3. The molecule has 6 nitrogen and oxygen atoms in total. The zero-order valence-corrected chi connectivity index (χ0v) is 18.0. The van der Waals surface area contributed by atoms with Crippen molar-refractivity contribution >= 4 is 54.9 Å². The van der Waals surface area contributed by atoms with E-state index in [4.69, 9.17) is 0 Å². The Bertz CT molecular complexity index is 1050. The number of hydrogen-bond donors (Lipinski definition) is 1. The summed E-state index contributed by atoms with van der Waals surface area (Å²) >= 11 is 3.19. The third-order valence-electron chi connectivity index (χ3n) is 4.00. The molecule has 1 heterocycles.